The van der Waals surface area contributed by atoms with Crippen LogP contribution in [-0.4, -0.2) is 51.9 Å². The summed E-state index contributed by atoms with van der Waals surface area (Å²) in [6.07, 6.45) is 0.985. The van der Waals surface area contributed by atoms with Crippen LogP contribution in [0.3, 0.4) is 0 Å². The first-order chi connectivity index (χ1) is 15.2. The fourth-order valence-corrected chi connectivity index (χ4v) is 3.16. The number of nitrogens with zero attached hydrogens (tertiary/aromatic N) is 5. The van der Waals surface area contributed by atoms with E-state index in [1.807, 2.05) is 0 Å². The van der Waals surface area contributed by atoms with Gasteiger partial charge in [-0.1, -0.05) is 11.6 Å². The van der Waals surface area contributed by atoms with Gasteiger partial charge in [-0.3, -0.25) is 4.79 Å². The second-order valence-corrected chi connectivity index (χ2v) is 7.53. The average Bonchev–Trinajstić information content (AvgIpc) is 3.54. The number of nitrogens with two attached hydrogens (primary N) is 1. The number of amidine groups is 1. The van der Waals surface area contributed by atoms with Crippen LogP contribution < -0.4 is 10.5 Å². The van der Waals surface area contributed by atoms with E-state index >= 15 is 0 Å². The number of aliphatic imine (C=N–C) groups is 2. The van der Waals surface area contributed by atoms with Crippen LogP contribution in [0.25, 0.3) is 0 Å². The quantitative estimate of drug-likeness (QED) is 0.488. The van der Waals surface area contributed by atoms with Crippen LogP contribution in [0.2, 0.25) is 5.02 Å². The molecule has 0 bridgehead atoms. The lowest BCUT2D eigenvalue weighted by molar-refractivity contribution is -0.274. The molecule has 1 unspecified atom stereocenters. The van der Waals surface area contributed by atoms with Crippen LogP contribution in [-0.2, 0) is 0 Å². The molecule has 3 rings (SSSR count). The van der Waals surface area contributed by atoms with E-state index in [9.17, 15) is 18.0 Å². The Bertz CT molecular complexity index is 1010. The predicted octanol–water partition coefficient (Wildman–Crippen LogP) is 3.99. The normalized spacial score (nSPS) is 15.6. The fourth-order valence-electron chi connectivity index (χ4n) is 2.94. The fraction of sp³-hybridized carbons (Fsp3) is 0.350. The zero-order chi connectivity index (χ0) is 23.3. The molecule has 1 aromatic heterocycles. The van der Waals surface area contributed by atoms with Crippen molar-refractivity contribution in [3.8, 4) is 5.75 Å². The van der Waals surface area contributed by atoms with E-state index in [1.54, 1.807) is 13.0 Å². The highest BCUT2D eigenvalue weighted by atomic mass is 35.5. The maximum Gasteiger partial charge on any atom is 0.573 e. The predicted molar refractivity (Wildman–Crippen MR) is 113 cm³/mol. The summed E-state index contributed by atoms with van der Waals surface area (Å²) in [6.45, 7) is 2.05. The molecule has 12 heteroatoms. The van der Waals surface area contributed by atoms with Gasteiger partial charge in [0.1, 0.15) is 5.75 Å². The molecule has 1 heterocycles. The van der Waals surface area contributed by atoms with E-state index < -0.39 is 24.1 Å². The van der Waals surface area contributed by atoms with E-state index in [0.717, 1.165) is 31.3 Å². The van der Waals surface area contributed by atoms with Crippen LogP contribution in [0.4, 0.5) is 19.1 Å². The van der Waals surface area contributed by atoms with Crippen molar-refractivity contribution in [1.82, 2.24) is 14.9 Å². The summed E-state index contributed by atoms with van der Waals surface area (Å²) in [5.74, 6) is -0.571. The number of hydrogen-bond acceptors (Lipinski definition) is 5. The summed E-state index contributed by atoms with van der Waals surface area (Å²) in [7, 11) is 0. The first-order valence-corrected chi connectivity index (χ1v) is 10.0. The Morgan fingerprint density at radius 2 is 2.03 bits per heavy atom. The van der Waals surface area contributed by atoms with Crippen molar-refractivity contribution >= 4 is 35.6 Å². The second kappa shape index (κ2) is 9.94. The van der Waals surface area contributed by atoms with E-state index in [0.29, 0.717) is 6.54 Å². The number of benzene rings is 1. The van der Waals surface area contributed by atoms with Gasteiger partial charge in [-0.15, -0.1) is 13.2 Å². The zero-order valence-corrected chi connectivity index (χ0v) is 17.7. The molecule has 2 aromatic rings. The molecule has 1 saturated carbocycles. The zero-order valence-electron chi connectivity index (χ0n) is 17.0. The van der Waals surface area contributed by atoms with Crippen LogP contribution in [0.1, 0.15) is 30.1 Å². The van der Waals surface area contributed by atoms with Gasteiger partial charge in [0, 0.05) is 29.5 Å². The second-order valence-electron chi connectivity index (χ2n) is 7.10. The summed E-state index contributed by atoms with van der Waals surface area (Å²) in [5, 5.41) is -0.0688. The van der Waals surface area contributed by atoms with Gasteiger partial charge in [0.05, 0.1) is 12.4 Å². The Balaban J connectivity index is 1.95. The van der Waals surface area contributed by atoms with Crippen molar-refractivity contribution in [2.75, 3.05) is 6.54 Å². The first kappa shape index (κ1) is 23.5. The molecule has 1 atom stereocenters. The standard InChI is InChI=1S/C20H20ClF3N6O2/c1-12(17(28-11-25)29-19-26-5-2-6-27-19)30(10-13-3-4-13)18(31)14-7-15(21)9-16(8-14)32-20(22,23)24/h2,5-9,11-13H,3-4,10H2,1H3,(H2,25,26,27,28,29). The number of carbonyl (C=O) groups excluding carboxylic acids is 1. The molecule has 2 N–H and O–H groups in total. The third-order valence-electron chi connectivity index (χ3n) is 4.58. The van der Waals surface area contributed by atoms with Crippen LogP contribution >= 0.6 is 11.6 Å². The minimum atomic E-state index is -4.92. The van der Waals surface area contributed by atoms with Crippen molar-refractivity contribution < 1.29 is 22.7 Å². The van der Waals surface area contributed by atoms with Crippen molar-refractivity contribution in [2.24, 2.45) is 21.6 Å². The van der Waals surface area contributed by atoms with Crippen molar-refractivity contribution in [1.29, 1.82) is 0 Å². The number of hydrogen-bond donors (Lipinski definition) is 1. The highest BCUT2D eigenvalue weighted by Crippen LogP contribution is 2.32. The number of carbonyl (C=O) groups is 1. The lowest BCUT2D eigenvalue weighted by Gasteiger charge is -2.29. The number of aromatic nitrogens is 2. The molecule has 1 aliphatic rings. The smallest absolute Gasteiger partial charge is 0.406 e. The highest BCUT2D eigenvalue weighted by molar-refractivity contribution is 6.31. The number of ether oxygens (including phenoxy) is 1. The van der Waals surface area contributed by atoms with Crippen molar-refractivity contribution in [3.63, 3.8) is 0 Å². The van der Waals surface area contributed by atoms with E-state index in [1.165, 1.54) is 23.4 Å². The summed E-state index contributed by atoms with van der Waals surface area (Å²) >= 11 is 5.95. The third-order valence-corrected chi connectivity index (χ3v) is 4.80. The number of alkyl halides is 3. The van der Waals surface area contributed by atoms with E-state index in [4.69, 9.17) is 17.3 Å². The van der Waals surface area contributed by atoms with Gasteiger partial charge in [0.25, 0.3) is 11.9 Å². The Morgan fingerprint density at radius 3 is 2.62 bits per heavy atom. The topological polar surface area (TPSA) is 106 Å². The largest absolute Gasteiger partial charge is 0.573 e. The minimum absolute atomic E-state index is 0.0590. The molecule has 0 saturated heterocycles. The SMILES string of the molecule is CC(C(N=CN)=Nc1ncccn1)N(CC1CC1)C(=O)c1cc(Cl)cc(OC(F)(F)F)c1. The van der Waals surface area contributed by atoms with Crippen LogP contribution in [0, 0.1) is 5.92 Å². The molecule has 0 spiro atoms. The van der Waals surface area contributed by atoms with Crippen LogP contribution in [0.5, 0.6) is 5.75 Å². The Labute approximate surface area is 187 Å². The van der Waals surface area contributed by atoms with Gasteiger partial charge in [0.2, 0.25) is 0 Å². The van der Waals surface area contributed by atoms with Gasteiger partial charge < -0.3 is 15.4 Å². The van der Waals surface area contributed by atoms with E-state index in [2.05, 4.69) is 24.7 Å². The Kier molecular flexibility index (Phi) is 7.29. The molecular formula is C20H20ClF3N6O2. The summed E-state index contributed by atoms with van der Waals surface area (Å²) in [6, 6.07) is 4.20. The molecule has 0 aliphatic heterocycles. The molecule has 8 nitrogen and oxygen atoms in total. The van der Waals surface area contributed by atoms with Gasteiger partial charge >= 0.3 is 6.36 Å². The van der Waals surface area contributed by atoms with Gasteiger partial charge in [-0.25, -0.2) is 15.0 Å². The minimum Gasteiger partial charge on any atom is -0.406 e. The maximum atomic E-state index is 13.3. The highest BCUT2D eigenvalue weighted by Gasteiger charge is 2.34. The Hall–Kier alpha value is -3.21. The molecule has 0 radical (unpaired) electrons. The number of amides is 1. The monoisotopic (exact) mass is 468 g/mol. The van der Waals surface area contributed by atoms with E-state index in [-0.39, 0.29) is 28.3 Å². The Morgan fingerprint density at radius 1 is 1.34 bits per heavy atom. The summed E-state index contributed by atoms with van der Waals surface area (Å²) < 4.78 is 41.9. The maximum absolute atomic E-state index is 13.3. The lowest BCUT2D eigenvalue weighted by Crippen LogP contribution is -2.44. The summed E-state index contributed by atoms with van der Waals surface area (Å²) in [4.78, 5) is 31.2. The van der Waals surface area contributed by atoms with Crippen molar-refractivity contribution in [2.45, 2.75) is 32.2 Å². The van der Waals surface area contributed by atoms with Crippen molar-refractivity contribution in [3.05, 3.63) is 47.2 Å². The van der Waals surface area contributed by atoms with Gasteiger partial charge in [-0.05, 0) is 49.9 Å². The molecule has 1 fully saturated rings. The molecular weight excluding hydrogens is 449 g/mol. The molecule has 170 valence electrons. The van der Waals surface area contributed by atoms with Gasteiger partial charge in [-0.2, -0.15) is 4.99 Å². The molecule has 32 heavy (non-hydrogen) atoms. The average molecular weight is 469 g/mol. The number of halogens is 4. The molecule has 1 amide bonds. The molecule has 1 aromatic carbocycles. The molecule has 1 aliphatic carbocycles. The van der Waals surface area contributed by atoms with Crippen LogP contribution in [0.15, 0.2) is 46.6 Å². The van der Waals surface area contributed by atoms with Gasteiger partial charge in [0.15, 0.2) is 5.84 Å². The number of rotatable bonds is 7. The third kappa shape index (κ3) is 6.64. The lowest BCUT2D eigenvalue weighted by atomic mass is 10.1. The summed E-state index contributed by atoms with van der Waals surface area (Å²) in [5.41, 5.74) is 5.40. The first-order valence-electron chi connectivity index (χ1n) is 9.63.